The molecule has 1 fully saturated rings. The van der Waals surface area contributed by atoms with Crippen LogP contribution in [0.25, 0.3) is 0 Å². The molecule has 0 unspecified atom stereocenters. The van der Waals surface area contributed by atoms with Gasteiger partial charge in [-0.25, -0.2) is 0 Å². The minimum absolute atomic E-state index is 0.0551. The molecule has 0 aliphatic carbocycles. The summed E-state index contributed by atoms with van der Waals surface area (Å²) in [6, 6.07) is 7.10. The molecule has 1 aromatic carbocycles. The van der Waals surface area contributed by atoms with E-state index in [1.807, 2.05) is 25.1 Å². The Kier molecular flexibility index (Phi) is 5.62. The molecular weight excluding hydrogens is 336 g/mol. The van der Waals surface area contributed by atoms with Crippen LogP contribution in [0.4, 0.5) is 0 Å². The standard InChI is InChI=1S/C18H22N4O4/c1-12-4-3-5-13(10-12)17(24)19-11-15-20-18(26-21-15)14-6-7-16(23)22(14)8-9-25-2/h3-5,10,14H,6-9,11H2,1-2H3,(H,19,24)/t14-/m0/s1. The maximum atomic E-state index is 12.2. The number of nitrogens with one attached hydrogen (secondary N) is 1. The van der Waals surface area contributed by atoms with E-state index in [0.717, 1.165) is 5.56 Å². The molecule has 0 bridgehead atoms. The summed E-state index contributed by atoms with van der Waals surface area (Å²) >= 11 is 0. The summed E-state index contributed by atoms with van der Waals surface area (Å²) in [5.74, 6) is 0.635. The van der Waals surface area contributed by atoms with Crippen LogP contribution >= 0.6 is 0 Å². The zero-order valence-electron chi connectivity index (χ0n) is 14.9. The molecule has 138 valence electrons. The highest BCUT2D eigenvalue weighted by Crippen LogP contribution is 2.31. The molecular formula is C18H22N4O4. The van der Waals surface area contributed by atoms with Crippen molar-refractivity contribution < 1.29 is 18.8 Å². The topological polar surface area (TPSA) is 97.6 Å². The molecule has 0 spiro atoms. The fourth-order valence-electron chi connectivity index (χ4n) is 2.98. The van der Waals surface area contributed by atoms with E-state index in [2.05, 4.69) is 15.5 Å². The van der Waals surface area contributed by atoms with Crippen molar-refractivity contribution in [2.45, 2.75) is 32.4 Å². The third-order valence-corrected chi connectivity index (χ3v) is 4.32. The molecule has 26 heavy (non-hydrogen) atoms. The highest BCUT2D eigenvalue weighted by molar-refractivity contribution is 5.94. The predicted octanol–water partition coefficient (Wildman–Crippen LogP) is 1.62. The van der Waals surface area contributed by atoms with Crippen molar-refractivity contribution in [3.8, 4) is 0 Å². The van der Waals surface area contributed by atoms with Gasteiger partial charge in [-0.3, -0.25) is 9.59 Å². The Hall–Kier alpha value is -2.74. The van der Waals surface area contributed by atoms with Gasteiger partial charge in [0.1, 0.15) is 6.04 Å². The molecule has 1 aliphatic heterocycles. The number of benzene rings is 1. The number of methoxy groups -OCH3 is 1. The molecule has 1 aromatic heterocycles. The number of rotatable bonds is 7. The number of hydrogen-bond acceptors (Lipinski definition) is 6. The van der Waals surface area contributed by atoms with Crippen molar-refractivity contribution >= 4 is 11.8 Å². The number of carbonyl (C=O) groups is 2. The SMILES string of the molecule is COCCN1C(=O)CC[C@H]1c1nc(CNC(=O)c2cccc(C)c2)no1. The van der Waals surface area contributed by atoms with Crippen molar-refractivity contribution in [1.29, 1.82) is 0 Å². The number of carbonyl (C=O) groups excluding carboxylic acids is 2. The summed E-state index contributed by atoms with van der Waals surface area (Å²) in [5, 5.41) is 6.69. The molecule has 1 saturated heterocycles. The zero-order valence-corrected chi connectivity index (χ0v) is 14.9. The van der Waals surface area contributed by atoms with E-state index in [4.69, 9.17) is 9.26 Å². The Labute approximate surface area is 151 Å². The Bertz CT molecular complexity index is 789. The van der Waals surface area contributed by atoms with E-state index in [1.54, 1.807) is 18.1 Å². The number of aryl methyl sites for hydroxylation is 1. The van der Waals surface area contributed by atoms with Gasteiger partial charge in [-0.15, -0.1) is 0 Å². The van der Waals surface area contributed by atoms with Gasteiger partial charge in [0.15, 0.2) is 5.82 Å². The maximum Gasteiger partial charge on any atom is 0.251 e. The monoisotopic (exact) mass is 358 g/mol. The largest absolute Gasteiger partial charge is 0.383 e. The average molecular weight is 358 g/mol. The zero-order chi connectivity index (χ0) is 18.5. The number of likely N-dealkylation sites (tertiary alicyclic amines) is 1. The van der Waals surface area contributed by atoms with Crippen LogP contribution in [0.2, 0.25) is 0 Å². The third-order valence-electron chi connectivity index (χ3n) is 4.32. The first-order valence-corrected chi connectivity index (χ1v) is 8.54. The molecule has 3 rings (SSSR count). The Balaban J connectivity index is 1.61. The van der Waals surface area contributed by atoms with Crippen LogP contribution in [0.5, 0.6) is 0 Å². The molecule has 0 saturated carbocycles. The lowest BCUT2D eigenvalue weighted by Gasteiger charge is -2.21. The highest BCUT2D eigenvalue weighted by atomic mass is 16.5. The van der Waals surface area contributed by atoms with Crippen molar-refractivity contribution in [2.24, 2.45) is 0 Å². The maximum absolute atomic E-state index is 12.2. The van der Waals surface area contributed by atoms with Gasteiger partial charge in [0.2, 0.25) is 11.8 Å². The normalized spacial score (nSPS) is 16.9. The Morgan fingerprint density at radius 3 is 3.08 bits per heavy atom. The molecule has 0 radical (unpaired) electrons. The van der Waals surface area contributed by atoms with Crippen LogP contribution in [-0.4, -0.2) is 47.1 Å². The Morgan fingerprint density at radius 1 is 1.46 bits per heavy atom. The molecule has 1 aliphatic rings. The van der Waals surface area contributed by atoms with Gasteiger partial charge in [-0.1, -0.05) is 22.9 Å². The van der Waals surface area contributed by atoms with Gasteiger partial charge in [0, 0.05) is 25.6 Å². The number of nitrogens with zero attached hydrogens (tertiary/aromatic N) is 3. The summed E-state index contributed by atoms with van der Waals surface area (Å²) in [6.07, 6.45) is 1.09. The summed E-state index contributed by atoms with van der Waals surface area (Å²) in [5.41, 5.74) is 1.60. The molecule has 1 atom stereocenters. The van der Waals surface area contributed by atoms with Gasteiger partial charge in [-0.2, -0.15) is 4.98 Å². The van der Waals surface area contributed by atoms with Gasteiger partial charge >= 0.3 is 0 Å². The highest BCUT2D eigenvalue weighted by Gasteiger charge is 2.35. The van der Waals surface area contributed by atoms with Crippen molar-refractivity contribution in [3.05, 3.63) is 47.1 Å². The van der Waals surface area contributed by atoms with Crippen molar-refractivity contribution in [2.75, 3.05) is 20.3 Å². The van der Waals surface area contributed by atoms with Crippen LogP contribution in [0, 0.1) is 6.92 Å². The predicted molar refractivity (Wildman–Crippen MR) is 92.2 cm³/mol. The van der Waals surface area contributed by atoms with Crippen LogP contribution in [0.15, 0.2) is 28.8 Å². The van der Waals surface area contributed by atoms with E-state index < -0.39 is 0 Å². The van der Waals surface area contributed by atoms with E-state index >= 15 is 0 Å². The fraction of sp³-hybridized carbons (Fsp3) is 0.444. The molecule has 2 heterocycles. The van der Waals surface area contributed by atoms with Gasteiger partial charge in [0.25, 0.3) is 5.91 Å². The lowest BCUT2D eigenvalue weighted by molar-refractivity contribution is -0.130. The van der Waals surface area contributed by atoms with Crippen LogP contribution in [-0.2, 0) is 16.1 Å². The van der Waals surface area contributed by atoms with E-state index in [9.17, 15) is 9.59 Å². The van der Waals surface area contributed by atoms with Crippen LogP contribution in [0.3, 0.4) is 0 Å². The third kappa shape index (κ3) is 4.08. The first kappa shape index (κ1) is 18.1. The first-order chi connectivity index (χ1) is 12.6. The summed E-state index contributed by atoms with van der Waals surface area (Å²) in [4.78, 5) is 30.2. The number of ether oxygens (including phenoxy) is 1. The molecule has 2 aromatic rings. The van der Waals surface area contributed by atoms with Gasteiger partial charge in [0.05, 0.1) is 13.2 Å². The van der Waals surface area contributed by atoms with E-state index in [1.165, 1.54) is 0 Å². The smallest absolute Gasteiger partial charge is 0.251 e. The number of amides is 2. The van der Waals surface area contributed by atoms with Gasteiger partial charge in [-0.05, 0) is 25.5 Å². The lowest BCUT2D eigenvalue weighted by Crippen LogP contribution is -2.31. The summed E-state index contributed by atoms with van der Waals surface area (Å²) in [6.45, 7) is 3.03. The second-order valence-electron chi connectivity index (χ2n) is 6.24. The van der Waals surface area contributed by atoms with Crippen molar-refractivity contribution in [1.82, 2.24) is 20.4 Å². The number of aromatic nitrogens is 2. The minimum Gasteiger partial charge on any atom is -0.383 e. The average Bonchev–Trinajstić information content (AvgIpc) is 3.24. The Morgan fingerprint density at radius 2 is 2.31 bits per heavy atom. The quantitative estimate of drug-likeness (QED) is 0.808. The molecule has 8 heteroatoms. The molecule has 2 amide bonds. The molecule has 8 nitrogen and oxygen atoms in total. The second-order valence-corrected chi connectivity index (χ2v) is 6.24. The fourth-order valence-corrected chi connectivity index (χ4v) is 2.98. The second kappa shape index (κ2) is 8.09. The first-order valence-electron chi connectivity index (χ1n) is 8.54. The summed E-state index contributed by atoms with van der Waals surface area (Å²) < 4.78 is 10.4. The van der Waals surface area contributed by atoms with Crippen molar-refractivity contribution in [3.63, 3.8) is 0 Å². The van der Waals surface area contributed by atoms with Crippen LogP contribution in [0.1, 0.15) is 46.5 Å². The molecule has 1 N–H and O–H groups in total. The summed E-state index contributed by atoms with van der Waals surface area (Å²) in [7, 11) is 1.59. The van der Waals surface area contributed by atoms with Crippen LogP contribution < -0.4 is 5.32 Å². The lowest BCUT2D eigenvalue weighted by atomic mass is 10.1. The number of hydrogen-bond donors (Lipinski definition) is 1. The minimum atomic E-state index is -0.230. The van der Waals surface area contributed by atoms with E-state index in [0.29, 0.717) is 43.3 Å². The van der Waals surface area contributed by atoms with Gasteiger partial charge < -0.3 is 19.5 Å². The van der Waals surface area contributed by atoms with E-state index in [-0.39, 0.29) is 24.4 Å².